The Labute approximate surface area is 116 Å². The van der Waals surface area contributed by atoms with E-state index in [1.54, 1.807) is 0 Å². The molecule has 0 unspecified atom stereocenters. The number of anilines is 1. The fourth-order valence-electron chi connectivity index (χ4n) is 2.90. The number of hydrogen-bond donors (Lipinski definition) is 1. The number of benzene rings is 1. The van der Waals surface area contributed by atoms with Crippen LogP contribution in [0.15, 0.2) is 18.2 Å². The molecular formula is C15H19F4N. The SMILES string of the molecule is CCC1(CNc2ccc(C(F)(F)F)cc2F)CCCC1. The molecule has 5 heteroatoms. The molecule has 0 radical (unpaired) electrons. The number of halogens is 4. The first-order valence-corrected chi connectivity index (χ1v) is 6.97. The number of hydrogen-bond acceptors (Lipinski definition) is 1. The molecule has 1 N–H and O–H groups in total. The maximum absolute atomic E-state index is 13.7. The van der Waals surface area contributed by atoms with Gasteiger partial charge in [0.1, 0.15) is 5.82 Å². The highest BCUT2D eigenvalue weighted by molar-refractivity contribution is 5.47. The van der Waals surface area contributed by atoms with Gasteiger partial charge in [0.2, 0.25) is 0 Å². The van der Waals surface area contributed by atoms with E-state index < -0.39 is 17.6 Å². The van der Waals surface area contributed by atoms with Crippen LogP contribution in [-0.4, -0.2) is 6.54 Å². The van der Waals surface area contributed by atoms with Gasteiger partial charge in [-0.15, -0.1) is 0 Å². The summed E-state index contributed by atoms with van der Waals surface area (Å²) in [5.74, 6) is -0.843. The van der Waals surface area contributed by atoms with Crippen LogP contribution in [0.2, 0.25) is 0 Å². The average molecular weight is 289 g/mol. The number of rotatable bonds is 4. The standard InChI is InChI=1S/C15H19F4N/c1-2-14(7-3-4-8-14)10-20-13-6-5-11(9-12(13)16)15(17,18)19/h5-6,9,20H,2-4,7-8,10H2,1H3. The van der Waals surface area contributed by atoms with E-state index in [9.17, 15) is 17.6 Å². The van der Waals surface area contributed by atoms with Crippen molar-refractivity contribution in [1.82, 2.24) is 0 Å². The van der Waals surface area contributed by atoms with Crippen molar-refractivity contribution in [1.29, 1.82) is 0 Å². The Morgan fingerprint density at radius 1 is 1.20 bits per heavy atom. The highest BCUT2D eigenvalue weighted by Crippen LogP contribution is 2.41. The van der Waals surface area contributed by atoms with Gasteiger partial charge in [-0.05, 0) is 42.9 Å². The Kier molecular flexibility index (Phi) is 4.25. The van der Waals surface area contributed by atoms with Gasteiger partial charge < -0.3 is 5.32 Å². The zero-order chi connectivity index (χ0) is 14.8. The van der Waals surface area contributed by atoms with Crippen LogP contribution in [0.5, 0.6) is 0 Å². The Hall–Kier alpha value is -1.26. The fourth-order valence-corrected chi connectivity index (χ4v) is 2.90. The lowest BCUT2D eigenvalue weighted by Crippen LogP contribution is -2.26. The first-order valence-electron chi connectivity index (χ1n) is 6.97. The van der Waals surface area contributed by atoms with Gasteiger partial charge in [0.15, 0.2) is 0 Å². The summed E-state index contributed by atoms with van der Waals surface area (Å²) in [5, 5.41) is 2.98. The Morgan fingerprint density at radius 3 is 2.35 bits per heavy atom. The van der Waals surface area contributed by atoms with Crippen molar-refractivity contribution in [2.45, 2.75) is 45.2 Å². The maximum atomic E-state index is 13.7. The summed E-state index contributed by atoms with van der Waals surface area (Å²) in [6.07, 6.45) is 1.03. The molecule has 1 fully saturated rings. The van der Waals surface area contributed by atoms with E-state index in [0.717, 1.165) is 25.3 Å². The second-order valence-corrected chi connectivity index (χ2v) is 5.61. The van der Waals surface area contributed by atoms with Crippen LogP contribution in [0, 0.1) is 11.2 Å². The molecule has 0 heterocycles. The molecule has 1 aliphatic rings. The van der Waals surface area contributed by atoms with Crippen molar-refractivity contribution in [3.8, 4) is 0 Å². The lowest BCUT2D eigenvalue weighted by molar-refractivity contribution is -0.137. The summed E-state index contributed by atoms with van der Waals surface area (Å²) in [6.45, 7) is 2.72. The molecular weight excluding hydrogens is 270 g/mol. The van der Waals surface area contributed by atoms with Gasteiger partial charge in [-0.1, -0.05) is 19.8 Å². The Morgan fingerprint density at radius 2 is 1.85 bits per heavy atom. The molecule has 0 spiro atoms. The normalized spacial score (nSPS) is 18.2. The van der Waals surface area contributed by atoms with Crippen molar-refractivity contribution < 1.29 is 17.6 Å². The summed E-state index contributed by atoms with van der Waals surface area (Å²) in [6, 6.07) is 2.64. The van der Waals surface area contributed by atoms with Crippen molar-refractivity contribution in [2.24, 2.45) is 5.41 Å². The van der Waals surface area contributed by atoms with E-state index in [0.29, 0.717) is 12.6 Å². The van der Waals surface area contributed by atoms with E-state index in [1.165, 1.54) is 18.9 Å². The van der Waals surface area contributed by atoms with E-state index in [-0.39, 0.29) is 11.1 Å². The van der Waals surface area contributed by atoms with Crippen LogP contribution >= 0.6 is 0 Å². The van der Waals surface area contributed by atoms with Crippen molar-refractivity contribution in [3.63, 3.8) is 0 Å². The topological polar surface area (TPSA) is 12.0 Å². The minimum atomic E-state index is -4.50. The molecule has 1 saturated carbocycles. The molecule has 0 aromatic heterocycles. The van der Waals surface area contributed by atoms with Gasteiger partial charge in [-0.25, -0.2) is 4.39 Å². The van der Waals surface area contributed by atoms with Crippen LogP contribution in [-0.2, 0) is 6.18 Å². The van der Waals surface area contributed by atoms with Crippen molar-refractivity contribution >= 4 is 5.69 Å². The van der Waals surface area contributed by atoms with Gasteiger partial charge in [-0.3, -0.25) is 0 Å². The third kappa shape index (κ3) is 3.25. The van der Waals surface area contributed by atoms with E-state index in [2.05, 4.69) is 12.2 Å². The average Bonchev–Trinajstić information content (AvgIpc) is 2.85. The third-order valence-corrected chi connectivity index (χ3v) is 4.36. The highest BCUT2D eigenvalue weighted by Gasteiger charge is 2.33. The molecule has 0 atom stereocenters. The predicted octanol–water partition coefficient (Wildman–Crippen LogP) is 5.23. The summed E-state index contributed by atoms with van der Waals surface area (Å²) in [7, 11) is 0. The van der Waals surface area contributed by atoms with Gasteiger partial charge in [0.25, 0.3) is 0 Å². The molecule has 2 rings (SSSR count). The minimum Gasteiger partial charge on any atom is -0.382 e. The molecule has 0 saturated heterocycles. The number of nitrogens with one attached hydrogen (secondary N) is 1. The molecule has 0 amide bonds. The van der Waals surface area contributed by atoms with Gasteiger partial charge in [-0.2, -0.15) is 13.2 Å². The molecule has 20 heavy (non-hydrogen) atoms. The maximum Gasteiger partial charge on any atom is 0.416 e. The largest absolute Gasteiger partial charge is 0.416 e. The van der Waals surface area contributed by atoms with Gasteiger partial charge in [0, 0.05) is 6.54 Å². The van der Waals surface area contributed by atoms with E-state index in [4.69, 9.17) is 0 Å². The monoisotopic (exact) mass is 289 g/mol. The van der Waals surface area contributed by atoms with Crippen LogP contribution in [0.4, 0.5) is 23.2 Å². The second kappa shape index (κ2) is 5.62. The first-order chi connectivity index (χ1) is 9.36. The van der Waals surface area contributed by atoms with Crippen molar-refractivity contribution in [3.05, 3.63) is 29.6 Å². The summed E-state index contributed by atoms with van der Waals surface area (Å²) in [5.41, 5.74) is -0.640. The third-order valence-electron chi connectivity index (χ3n) is 4.36. The number of alkyl halides is 3. The lowest BCUT2D eigenvalue weighted by atomic mass is 9.83. The molecule has 1 aromatic carbocycles. The Balaban J connectivity index is 2.07. The van der Waals surface area contributed by atoms with Crippen LogP contribution < -0.4 is 5.32 Å². The van der Waals surface area contributed by atoms with E-state index in [1.807, 2.05) is 0 Å². The highest BCUT2D eigenvalue weighted by atomic mass is 19.4. The Bertz CT molecular complexity index is 461. The summed E-state index contributed by atoms with van der Waals surface area (Å²) >= 11 is 0. The van der Waals surface area contributed by atoms with Crippen LogP contribution in [0.3, 0.4) is 0 Å². The molecule has 1 nitrogen and oxygen atoms in total. The molecule has 1 aliphatic carbocycles. The van der Waals surface area contributed by atoms with Gasteiger partial charge >= 0.3 is 6.18 Å². The molecule has 112 valence electrons. The van der Waals surface area contributed by atoms with Crippen LogP contribution in [0.1, 0.15) is 44.6 Å². The smallest absolute Gasteiger partial charge is 0.382 e. The molecule has 0 bridgehead atoms. The fraction of sp³-hybridized carbons (Fsp3) is 0.600. The summed E-state index contributed by atoms with van der Waals surface area (Å²) in [4.78, 5) is 0. The minimum absolute atomic E-state index is 0.151. The van der Waals surface area contributed by atoms with Gasteiger partial charge in [0.05, 0.1) is 11.3 Å². The van der Waals surface area contributed by atoms with Crippen LogP contribution in [0.25, 0.3) is 0 Å². The first kappa shape index (κ1) is 15.1. The van der Waals surface area contributed by atoms with E-state index >= 15 is 0 Å². The zero-order valence-corrected chi connectivity index (χ0v) is 11.5. The second-order valence-electron chi connectivity index (χ2n) is 5.61. The quantitative estimate of drug-likeness (QED) is 0.749. The zero-order valence-electron chi connectivity index (χ0n) is 11.5. The lowest BCUT2D eigenvalue weighted by Gasteiger charge is -2.28. The molecule has 1 aromatic rings. The predicted molar refractivity (Wildman–Crippen MR) is 71.1 cm³/mol. The molecule has 0 aliphatic heterocycles. The van der Waals surface area contributed by atoms with Crippen molar-refractivity contribution in [2.75, 3.05) is 11.9 Å². The summed E-state index contributed by atoms with van der Waals surface area (Å²) < 4.78 is 51.1.